The van der Waals surface area contributed by atoms with Gasteiger partial charge < -0.3 is 10.3 Å². The number of carbonyl (C=O) groups is 1. The summed E-state index contributed by atoms with van der Waals surface area (Å²) in [5, 5.41) is 10.4. The van der Waals surface area contributed by atoms with E-state index in [0.717, 1.165) is 32.7 Å². The normalized spacial score (nSPS) is 11.6. The Kier molecular flexibility index (Phi) is 5.90. The number of nitrogens with zero attached hydrogens (tertiary/aromatic N) is 5. The molecule has 0 saturated carbocycles. The van der Waals surface area contributed by atoms with Crippen molar-refractivity contribution < 1.29 is 4.79 Å². The summed E-state index contributed by atoms with van der Waals surface area (Å²) in [6, 6.07) is 11.3. The molecule has 0 atom stereocenters. The van der Waals surface area contributed by atoms with Gasteiger partial charge in [-0.3, -0.25) is 19.9 Å². The lowest BCUT2D eigenvalue weighted by atomic mass is 10.1. The number of pyridine rings is 3. The van der Waals surface area contributed by atoms with Gasteiger partial charge in [-0.1, -0.05) is 25.4 Å². The van der Waals surface area contributed by atoms with E-state index in [4.69, 9.17) is 21.6 Å². The molecule has 6 rings (SSSR count). The maximum atomic E-state index is 12.2. The van der Waals surface area contributed by atoms with Crippen molar-refractivity contribution in [2.24, 2.45) is 5.92 Å². The van der Waals surface area contributed by atoms with Crippen LogP contribution in [0.4, 0.5) is 5.69 Å². The van der Waals surface area contributed by atoms with E-state index in [0.29, 0.717) is 39.2 Å². The average molecular weight is 529 g/mol. The highest BCUT2D eigenvalue weighted by molar-refractivity contribution is 7.19. The number of anilines is 1. The van der Waals surface area contributed by atoms with Crippen molar-refractivity contribution in [3.63, 3.8) is 0 Å². The van der Waals surface area contributed by atoms with Crippen LogP contribution in [0, 0.1) is 5.92 Å². The Morgan fingerprint density at radius 3 is 2.73 bits per heavy atom. The summed E-state index contributed by atoms with van der Waals surface area (Å²) in [4.78, 5) is 35.0. The fraction of sp³-hybridized carbons (Fsp3) is 0.154. The number of H-pyrrole nitrogens is 2. The molecule has 0 aliphatic heterocycles. The molecule has 37 heavy (non-hydrogen) atoms. The van der Waals surface area contributed by atoms with Crippen molar-refractivity contribution in [3.8, 4) is 33.3 Å². The number of rotatable bonds is 6. The number of amides is 1. The summed E-state index contributed by atoms with van der Waals surface area (Å²) in [6.07, 6.45) is 5.54. The molecule has 9 nitrogen and oxygen atoms in total. The lowest BCUT2D eigenvalue weighted by Gasteiger charge is -2.08. The Morgan fingerprint density at radius 2 is 1.92 bits per heavy atom. The molecule has 184 valence electrons. The van der Waals surface area contributed by atoms with Crippen molar-refractivity contribution >= 4 is 56.6 Å². The lowest BCUT2D eigenvalue weighted by Crippen LogP contribution is -2.14. The van der Waals surface area contributed by atoms with Gasteiger partial charge >= 0.3 is 0 Å². The van der Waals surface area contributed by atoms with Crippen LogP contribution in [-0.2, 0) is 4.79 Å². The number of halogens is 1. The Labute approximate surface area is 220 Å². The first-order chi connectivity index (χ1) is 17.9. The highest BCUT2D eigenvalue weighted by atomic mass is 35.5. The molecular weight excluding hydrogens is 508 g/mol. The van der Waals surface area contributed by atoms with Gasteiger partial charge in [0.2, 0.25) is 5.91 Å². The smallest absolute Gasteiger partial charge is 0.224 e. The zero-order valence-corrected chi connectivity index (χ0v) is 21.5. The van der Waals surface area contributed by atoms with Crippen LogP contribution in [0.2, 0.25) is 4.34 Å². The van der Waals surface area contributed by atoms with Crippen molar-refractivity contribution in [1.29, 1.82) is 0 Å². The molecule has 0 radical (unpaired) electrons. The number of aromatic amines is 2. The van der Waals surface area contributed by atoms with Gasteiger partial charge in [-0.25, -0.2) is 9.97 Å². The van der Waals surface area contributed by atoms with E-state index in [1.165, 1.54) is 11.3 Å². The van der Waals surface area contributed by atoms with Crippen LogP contribution in [0.25, 0.3) is 55.4 Å². The van der Waals surface area contributed by atoms with Gasteiger partial charge in [0, 0.05) is 24.4 Å². The SMILES string of the molecule is CC(C)CC(=O)Nc1cncc(-c2ccc3[nH]nc(-c4nc5c(-c6ccc(Cl)s6)nccc5[nH]4)c3n2)c1. The van der Waals surface area contributed by atoms with Crippen molar-refractivity contribution in [2.75, 3.05) is 5.32 Å². The zero-order valence-electron chi connectivity index (χ0n) is 19.9. The summed E-state index contributed by atoms with van der Waals surface area (Å²) in [5.41, 5.74) is 6.48. The minimum absolute atomic E-state index is 0.0435. The van der Waals surface area contributed by atoms with Gasteiger partial charge in [0.15, 0.2) is 11.5 Å². The van der Waals surface area contributed by atoms with Gasteiger partial charge in [0.25, 0.3) is 0 Å². The molecule has 11 heteroatoms. The van der Waals surface area contributed by atoms with E-state index in [1.54, 1.807) is 18.6 Å². The third-order valence-electron chi connectivity index (χ3n) is 5.75. The van der Waals surface area contributed by atoms with Gasteiger partial charge in [-0.15, -0.1) is 11.3 Å². The molecule has 0 aliphatic rings. The van der Waals surface area contributed by atoms with Crippen LogP contribution in [0.15, 0.2) is 55.0 Å². The summed E-state index contributed by atoms with van der Waals surface area (Å²) < 4.78 is 0.692. The van der Waals surface area contributed by atoms with Crippen LogP contribution >= 0.6 is 22.9 Å². The maximum Gasteiger partial charge on any atom is 0.224 e. The van der Waals surface area contributed by atoms with Gasteiger partial charge in [0.05, 0.1) is 37.8 Å². The third-order valence-corrected chi connectivity index (χ3v) is 6.99. The summed E-state index contributed by atoms with van der Waals surface area (Å²) in [7, 11) is 0. The van der Waals surface area contributed by atoms with E-state index in [9.17, 15) is 4.79 Å². The largest absolute Gasteiger partial charge is 0.336 e. The molecule has 0 bridgehead atoms. The molecule has 0 aliphatic carbocycles. The van der Waals surface area contributed by atoms with Gasteiger partial charge in [0.1, 0.15) is 16.7 Å². The molecule has 6 aromatic rings. The molecular formula is C26H21ClN8OS. The zero-order chi connectivity index (χ0) is 25.5. The molecule has 0 aromatic carbocycles. The molecule has 0 spiro atoms. The quantitative estimate of drug-likeness (QED) is 0.232. The Hall–Kier alpha value is -4.15. The molecule has 0 unspecified atom stereocenters. The van der Waals surface area contributed by atoms with Gasteiger partial charge in [-0.05, 0) is 42.3 Å². The second kappa shape index (κ2) is 9.38. The van der Waals surface area contributed by atoms with E-state index in [-0.39, 0.29) is 11.8 Å². The fourth-order valence-corrected chi connectivity index (χ4v) is 5.17. The van der Waals surface area contributed by atoms with Crippen LogP contribution in [0.5, 0.6) is 0 Å². The number of fused-ring (bicyclic) bond motifs is 2. The molecule has 6 heterocycles. The summed E-state index contributed by atoms with van der Waals surface area (Å²) in [5.74, 6) is 0.807. The first-order valence-corrected chi connectivity index (χ1v) is 12.9. The second-order valence-corrected chi connectivity index (χ2v) is 10.7. The minimum atomic E-state index is -0.0435. The molecule has 0 fully saturated rings. The number of carbonyl (C=O) groups excluding carboxylic acids is 1. The second-order valence-electron chi connectivity index (χ2n) is 9.02. The van der Waals surface area contributed by atoms with Crippen LogP contribution in [0.3, 0.4) is 0 Å². The molecule has 1 amide bonds. The standard InChI is InChI=1S/C26H21ClN8OS/c1-13(2)9-21(36)30-15-10-14(11-28-12-15)16-3-4-18-23(31-16)25(35-34-18)26-32-17-7-8-29-24(22(17)33-26)19-5-6-20(27)37-19/h3-8,10-13H,9H2,1-2H3,(H,30,36)(H,32,33)(H,34,35). The van der Waals surface area contributed by atoms with E-state index in [2.05, 4.69) is 30.5 Å². The molecule has 0 saturated heterocycles. The first-order valence-electron chi connectivity index (χ1n) is 11.7. The summed E-state index contributed by atoms with van der Waals surface area (Å²) in [6.45, 7) is 4.01. The van der Waals surface area contributed by atoms with E-state index >= 15 is 0 Å². The van der Waals surface area contributed by atoms with Crippen molar-refractivity contribution in [3.05, 3.63) is 59.3 Å². The predicted molar refractivity (Wildman–Crippen MR) is 146 cm³/mol. The van der Waals surface area contributed by atoms with E-state index in [1.807, 2.05) is 50.2 Å². The van der Waals surface area contributed by atoms with Crippen molar-refractivity contribution in [2.45, 2.75) is 20.3 Å². The number of nitrogens with one attached hydrogen (secondary N) is 3. The lowest BCUT2D eigenvalue weighted by molar-refractivity contribution is -0.116. The first kappa shape index (κ1) is 23.3. The fourth-order valence-electron chi connectivity index (χ4n) is 4.13. The Morgan fingerprint density at radius 1 is 1.05 bits per heavy atom. The highest BCUT2D eigenvalue weighted by Crippen LogP contribution is 2.35. The van der Waals surface area contributed by atoms with Gasteiger partial charge in [-0.2, -0.15) is 5.10 Å². The number of hydrogen-bond donors (Lipinski definition) is 3. The third kappa shape index (κ3) is 4.56. The van der Waals surface area contributed by atoms with Crippen LogP contribution < -0.4 is 5.32 Å². The van der Waals surface area contributed by atoms with Crippen molar-refractivity contribution in [1.82, 2.24) is 35.1 Å². The van der Waals surface area contributed by atoms with Crippen LogP contribution in [-0.4, -0.2) is 41.0 Å². The minimum Gasteiger partial charge on any atom is -0.336 e. The number of hydrogen-bond acceptors (Lipinski definition) is 7. The average Bonchev–Trinajstić information content (AvgIpc) is 3.60. The maximum absolute atomic E-state index is 12.2. The predicted octanol–water partition coefficient (Wildman–Crippen LogP) is 6.32. The highest BCUT2D eigenvalue weighted by Gasteiger charge is 2.18. The molecule has 6 aromatic heterocycles. The topological polar surface area (TPSA) is 125 Å². The molecule has 3 N–H and O–H groups in total. The Bertz CT molecular complexity index is 1770. The van der Waals surface area contributed by atoms with E-state index < -0.39 is 0 Å². The summed E-state index contributed by atoms with van der Waals surface area (Å²) >= 11 is 7.60. The number of aromatic nitrogens is 7. The monoisotopic (exact) mass is 528 g/mol. The Balaban J connectivity index is 1.38. The number of thiophene rings is 1. The number of imidazole rings is 1. The van der Waals surface area contributed by atoms with Crippen LogP contribution in [0.1, 0.15) is 20.3 Å².